The van der Waals surface area contributed by atoms with Gasteiger partial charge in [0, 0.05) is 30.9 Å². The number of benzene rings is 1. The molecule has 100 valence electrons. The minimum atomic E-state index is 0.0253. The quantitative estimate of drug-likeness (QED) is 0.776. The molecule has 0 aromatic heterocycles. The molecule has 1 aromatic rings. The fourth-order valence-corrected chi connectivity index (χ4v) is 2.24. The van der Waals surface area contributed by atoms with E-state index in [-0.39, 0.29) is 12.1 Å². The number of anilines is 1. The molecular formula is C15H24N2O. The molecule has 2 N–H and O–H groups in total. The van der Waals surface area contributed by atoms with Gasteiger partial charge in [-0.15, -0.1) is 0 Å². The Hall–Kier alpha value is -1.06. The molecule has 0 atom stereocenters. The predicted octanol–water partition coefficient (Wildman–Crippen LogP) is 2.15. The number of hydrogen-bond acceptors (Lipinski definition) is 3. The molecule has 1 aliphatic rings. The molecule has 0 bridgehead atoms. The van der Waals surface area contributed by atoms with Crippen LogP contribution in [0.15, 0.2) is 24.3 Å². The maximum absolute atomic E-state index is 9.25. The van der Waals surface area contributed by atoms with Gasteiger partial charge in [-0.3, -0.25) is 0 Å². The van der Waals surface area contributed by atoms with Gasteiger partial charge in [-0.2, -0.15) is 0 Å². The van der Waals surface area contributed by atoms with E-state index in [2.05, 4.69) is 48.3 Å². The SMILES string of the molecule is CCN(CC)c1ccc(CNC2(CO)CC2)cc1. The summed E-state index contributed by atoms with van der Waals surface area (Å²) in [6.07, 6.45) is 2.20. The van der Waals surface area contributed by atoms with Crippen molar-refractivity contribution in [2.24, 2.45) is 0 Å². The molecule has 3 heteroatoms. The Balaban J connectivity index is 1.91. The molecule has 0 unspecified atom stereocenters. The lowest BCUT2D eigenvalue weighted by Crippen LogP contribution is -2.34. The lowest BCUT2D eigenvalue weighted by Gasteiger charge is -2.21. The highest BCUT2D eigenvalue weighted by molar-refractivity contribution is 5.47. The van der Waals surface area contributed by atoms with Crippen LogP contribution >= 0.6 is 0 Å². The molecule has 3 nitrogen and oxygen atoms in total. The van der Waals surface area contributed by atoms with E-state index in [0.29, 0.717) is 0 Å². The summed E-state index contributed by atoms with van der Waals surface area (Å²) in [5, 5.41) is 12.7. The van der Waals surface area contributed by atoms with Crippen molar-refractivity contribution in [3.05, 3.63) is 29.8 Å². The number of nitrogens with zero attached hydrogens (tertiary/aromatic N) is 1. The zero-order chi connectivity index (χ0) is 13.0. The average molecular weight is 248 g/mol. The summed E-state index contributed by atoms with van der Waals surface area (Å²) < 4.78 is 0. The molecule has 0 saturated heterocycles. The van der Waals surface area contributed by atoms with Crippen molar-refractivity contribution in [1.82, 2.24) is 5.32 Å². The monoisotopic (exact) mass is 248 g/mol. The number of aliphatic hydroxyl groups is 1. The van der Waals surface area contributed by atoms with Crippen molar-refractivity contribution in [1.29, 1.82) is 0 Å². The van der Waals surface area contributed by atoms with Crippen LogP contribution in [0.2, 0.25) is 0 Å². The van der Waals surface area contributed by atoms with Crippen LogP contribution in [0.5, 0.6) is 0 Å². The van der Waals surface area contributed by atoms with Gasteiger partial charge in [-0.05, 0) is 44.4 Å². The summed E-state index contributed by atoms with van der Waals surface area (Å²) in [6.45, 7) is 7.54. The van der Waals surface area contributed by atoms with Crippen LogP contribution in [0.25, 0.3) is 0 Å². The molecule has 1 aromatic carbocycles. The zero-order valence-electron chi connectivity index (χ0n) is 11.4. The Morgan fingerprint density at radius 2 is 1.78 bits per heavy atom. The standard InChI is InChI=1S/C15H24N2O/c1-3-17(4-2)14-7-5-13(6-8-14)11-16-15(12-18)9-10-15/h5-8,16,18H,3-4,9-12H2,1-2H3. The van der Waals surface area contributed by atoms with Crippen molar-refractivity contribution in [2.75, 3.05) is 24.6 Å². The molecular weight excluding hydrogens is 224 g/mol. The molecule has 0 amide bonds. The molecule has 1 fully saturated rings. The molecule has 2 rings (SSSR count). The fraction of sp³-hybridized carbons (Fsp3) is 0.600. The number of nitrogens with one attached hydrogen (secondary N) is 1. The van der Waals surface area contributed by atoms with Gasteiger partial charge in [0.15, 0.2) is 0 Å². The fourth-order valence-electron chi connectivity index (χ4n) is 2.24. The third-order valence-corrected chi connectivity index (χ3v) is 3.89. The minimum Gasteiger partial charge on any atom is -0.394 e. The maximum Gasteiger partial charge on any atom is 0.0613 e. The highest BCUT2D eigenvalue weighted by atomic mass is 16.3. The zero-order valence-corrected chi connectivity index (χ0v) is 11.4. The average Bonchev–Trinajstić information content (AvgIpc) is 3.20. The van der Waals surface area contributed by atoms with E-state index in [4.69, 9.17) is 0 Å². The smallest absolute Gasteiger partial charge is 0.0613 e. The van der Waals surface area contributed by atoms with Crippen LogP contribution < -0.4 is 10.2 Å². The van der Waals surface area contributed by atoms with E-state index < -0.39 is 0 Å². The van der Waals surface area contributed by atoms with E-state index in [1.165, 1.54) is 11.3 Å². The topological polar surface area (TPSA) is 35.5 Å². The molecule has 18 heavy (non-hydrogen) atoms. The van der Waals surface area contributed by atoms with Crippen molar-refractivity contribution in [3.8, 4) is 0 Å². The molecule has 1 saturated carbocycles. The second kappa shape index (κ2) is 5.72. The van der Waals surface area contributed by atoms with Crippen LogP contribution in [-0.2, 0) is 6.54 Å². The molecule has 0 heterocycles. The van der Waals surface area contributed by atoms with Gasteiger partial charge in [-0.1, -0.05) is 12.1 Å². The predicted molar refractivity (Wildman–Crippen MR) is 75.9 cm³/mol. The molecule has 0 radical (unpaired) electrons. The van der Waals surface area contributed by atoms with Crippen LogP contribution in [0.4, 0.5) is 5.69 Å². The van der Waals surface area contributed by atoms with Crippen molar-refractivity contribution in [3.63, 3.8) is 0 Å². The first kappa shape index (κ1) is 13.4. The van der Waals surface area contributed by atoms with E-state index >= 15 is 0 Å². The Morgan fingerprint density at radius 1 is 1.17 bits per heavy atom. The van der Waals surface area contributed by atoms with Crippen LogP contribution in [0.1, 0.15) is 32.3 Å². The van der Waals surface area contributed by atoms with Crippen LogP contribution in [0, 0.1) is 0 Å². The molecule has 1 aliphatic carbocycles. The van der Waals surface area contributed by atoms with E-state index in [1.54, 1.807) is 0 Å². The van der Waals surface area contributed by atoms with Crippen LogP contribution in [-0.4, -0.2) is 30.3 Å². The number of aliphatic hydroxyl groups excluding tert-OH is 1. The lowest BCUT2D eigenvalue weighted by atomic mass is 10.1. The van der Waals surface area contributed by atoms with Crippen molar-refractivity contribution < 1.29 is 5.11 Å². The summed E-state index contributed by atoms with van der Waals surface area (Å²) in [4.78, 5) is 2.34. The van der Waals surface area contributed by atoms with Gasteiger partial charge in [0.05, 0.1) is 6.61 Å². The second-order valence-corrected chi connectivity index (χ2v) is 5.13. The summed E-state index contributed by atoms with van der Waals surface area (Å²) in [6, 6.07) is 8.72. The summed E-state index contributed by atoms with van der Waals surface area (Å²) in [7, 11) is 0. The Morgan fingerprint density at radius 3 is 2.22 bits per heavy atom. The van der Waals surface area contributed by atoms with Gasteiger partial charge in [0.1, 0.15) is 0 Å². The van der Waals surface area contributed by atoms with Gasteiger partial charge in [-0.25, -0.2) is 0 Å². The van der Waals surface area contributed by atoms with Gasteiger partial charge in [0.25, 0.3) is 0 Å². The summed E-state index contributed by atoms with van der Waals surface area (Å²) in [5.74, 6) is 0. The highest BCUT2D eigenvalue weighted by Gasteiger charge is 2.41. The third-order valence-electron chi connectivity index (χ3n) is 3.89. The second-order valence-electron chi connectivity index (χ2n) is 5.13. The lowest BCUT2D eigenvalue weighted by molar-refractivity contribution is 0.229. The first-order valence-electron chi connectivity index (χ1n) is 6.93. The van der Waals surface area contributed by atoms with Gasteiger partial charge < -0.3 is 15.3 Å². The van der Waals surface area contributed by atoms with E-state index in [9.17, 15) is 5.11 Å². The first-order chi connectivity index (χ1) is 8.73. The minimum absolute atomic E-state index is 0.0253. The Labute approximate surface area is 110 Å². The normalized spacial score (nSPS) is 16.6. The Bertz CT molecular complexity index is 367. The highest BCUT2D eigenvalue weighted by Crippen LogP contribution is 2.34. The summed E-state index contributed by atoms with van der Waals surface area (Å²) in [5.41, 5.74) is 2.59. The maximum atomic E-state index is 9.25. The first-order valence-corrected chi connectivity index (χ1v) is 6.93. The summed E-state index contributed by atoms with van der Waals surface area (Å²) >= 11 is 0. The molecule has 0 spiro atoms. The van der Waals surface area contributed by atoms with E-state index in [0.717, 1.165) is 32.5 Å². The van der Waals surface area contributed by atoms with Gasteiger partial charge >= 0.3 is 0 Å². The van der Waals surface area contributed by atoms with Crippen LogP contribution in [0.3, 0.4) is 0 Å². The largest absolute Gasteiger partial charge is 0.394 e. The van der Waals surface area contributed by atoms with Gasteiger partial charge in [0.2, 0.25) is 0 Å². The molecule has 0 aliphatic heterocycles. The number of hydrogen-bond donors (Lipinski definition) is 2. The van der Waals surface area contributed by atoms with E-state index in [1.807, 2.05) is 0 Å². The van der Waals surface area contributed by atoms with Crippen molar-refractivity contribution >= 4 is 5.69 Å². The van der Waals surface area contributed by atoms with Crippen molar-refractivity contribution in [2.45, 2.75) is 38.8 Å². The Kier molecular flexibility index (Phi) is 4.25. The number of rotatable bonds is 7. The third kappa shape index (κ3) is 3.03.